The quantitative estimate of drug-likeness (QED) is 0.327. The number of anilines is 1. The molecule has 0 bridgehead atoms. The zero-order chi connectivity index (χ0) is 10.2. The van der Waals surface area contributed by atoms with E-state index in [-0.39, 0.29) is 0 Å². The second-order valence-electron chi connectivity index (χ2n) is 2.94. The first-order valence-corrected chi connectivity index (χ1v) is 5.77. The van der Waals surface area contributed by atoms with Crippen LogP contribution in [-0.4, -0.2) is 15.7 Å². The maximum absolute atomic E-state index is 5.23. The van der Waals surface area contributed by atoms with E-state index in [2.05, 4.69) is 22.3 Å². The minimum atomic E-state index is 0.616. The number of aromatic nitrogens is 2. The minimum absolute atomic E-state index is 0.616. The molecule has 4 nitrogen and oxygen atoms in total. The Kier molecular flexibility index (Phi) is 5.32. The third-order valence-electron chi connectivity index (χ3n) is 1.76. The normalized spacial score (nSPS) is 10.1. The average Bonchev–Trinajstić information content (AvgIpc) is 2.25. The van der Waals surface area contributed by atoms with Crippen molar-refractivity contribution in [1.29, 1.82) is 0 Å². The number of hydrazine groups is 1. The van der Waals surface area contributed by atoms with Crippen molar-refractivity contribution in [2.75, 3.05) is 11.2 Å². The summed E-state index contributed by atoms with van der Waals surface area (Å²) in [4.78, 5) is 8.28. The molecular weight excluding hydrogens is 196 g/mol. The van der Waals surface area contributed by atoms with Crippen LogP contribution in [0.15, 0.2) is 17.4 Å². The van der Waals surface area contributed by atoms with Gasteiger partial charge < -0.3 is 5.43 Å². The van der Waals surface area contributed by atoms with Gasteiger partial charge >= 0.3 is 0 Å². The second-order valence-corrected chi connectivity index (χ2v) is 4.06. The van der Waals surface area contributed by atoms with Crippen molar-refractivity contribution in [2.45, 2.75) is 31.2 Å². The molecule has 1 rings (SSSR count). The molecule has 1 aromatic heterocycles. The number of hydrogen-bond donors (Lipinski definition) is 2. The summed E-state index contributed by atoms with van der Waals surface area (Å²) in [6, 6.07) is 0. The summed E-state index contributed by atoms with van der Waals surface area (Å²) in [5, 5.41) is 0.927. The monoisotopic (exact) mass is 212 g/mol. The molecule has 3 N–H and O–H groups in total. The molecular formula is C9H16N4S. The van der Waals surface area contributed by atoms with E-state index in [1.54, 1.807) is 24.2 Å². The largest absolute Gasteiger partial charge is 0.307 e. The second kappa shape index (κ2) is 6.62. The Labute approximate surface area is 88.7 Å². The molecule has 0 aliphatic heterocycles. The van der Waals surface area contributed by atoms with Crippen LogP contribution in [0.1, 0.15) is 26.2 Å². The van der Waals surface area contributed by atoms with Crippen LogP contribution in [0.3, 0.4) is 0 Å². The molecule has 1 heterocycles. The number of nitrogen functional groups attached to an aromatic ring is 1. The number of thioether (sulfide) groups is 1. The minimum Gasteiger partial charge on any atom is -0.307 e. The Morgan fingerprint density at radius 1 is 1.43 bits per heavy atom. The van der Waals surface area contributed by atoms with Gasteiger partial charge in [-0.15, -0.1) is 11.8 Å². The Morgan fingerprint density at radius 2 is 2.29 bits per heavy atom. The molecule has 0 saturated heterocycles. The molecule has 1 aromatic rings. The summed E-state index contributed by atoms with van der Waals surface area (Å²) in [6.45, 7) is 2.20. The predicted octanol–water partition coefficient (Wildman–Crippen LogP) is 2.04. The molecule has 0 atom stereocenters. The lowest BCUT2D eigenvalue weighted by molar-refractivity contribution is 0.778. The van der Waals surface area contributed by atoms with Gasteiger partial charge in [-0.1, -0.05) is 19.8 Å². The van der Waals surface area contributed by atoms with Gasteiger partial charge in [0.15, 0.2) is 5.82 Å². The molecule has 0 amide bonds. The fourth-order valence-electron chi connectivity index (χ4n) is 1.02. The third kappa shape index (κ3) is 3.93. The Balaban J connectivity index is 2.34. The van der Waals surface area contributed by atoms with E-state index in [4.69, 9.17) is 5.84 Å². The average molecular weight is 212 g/mol. The summed E-state index contributed by atoms with van der Waals surface area (Å²) in [5.41, 5.74) is 2.48. The SMILES string of the molecule is CCCCCSc1cncc(NN)n1. The van der Waals surface area contributed by atoms with Crippen LogP contribution in [0.4, 0.5) is 5.82 Å². The zero-order valence-corrected chi connectivity index (χ0v) is 9.18. The van der Waals surface area contributed by atoms with Crippen LogP contribution in [0.25, 0.3) is 0 Å². The standard InChI is InChI=1S/C9H16N4S/c1-2-3-4-5-14-9-7-11-6-8(12-9)13-10/h6-7H,2-5,10H2,1H3,(H,12,13). The van der Waals surface area contributed by atoms with Crippen molar-refractivity contribution >= 4 is 17.6 Å². The van der Waals surface area contributed by atoms with E-state index >= 15 is 0 Å². The molecule has 0 fully saturated rings. The maximum atomic E-state index is 5.23. The number of unbranched alkanes of at least 4 members (excludes halogenated alkanes) is 2. The van der Waals surface area contributed by atoms with Gasteiger partial charge in [0, 0.05) is 0 Å². The summed E-state index contributed by atoms with van der Waals surface area (Å²) in [7, 11) is 0. The van der Waals surface area contributed by atoms with Gasteiger partial charge in [0.2, 0.25) is 0 Å². The Morgan fingerprint density at radius 3 is 3.00 bits per heavy atom. The van der Waals surface area contributed by atoms with Gasteiger partial charge in [-0.3, -0.25) is 4.98 Å². The van der Waals surface area contributed by atoms with Crippen LogP contribution in [0.2, 0.25) is 0 Å². The first kappa shape index (κ1) is 11.3. The highest BCUT2D eigenvalue weighted by Crippen LogP contribution is 2.17. The molecule has 5 heteroatoms. The fourth-order valence-corrected chi connectivity index (χ4v) is 1.87. The van der Waals surface area contributed by atoms with Gasteiger partial charge in [-0.05, 0) is 12.2 Å². The number of rotatable bonds is 6. The van der Waals surface area contributed by atoms with Gasteiger partial charge in [0.25, 0.3) is 0 Å². The molecule has 0 saturated carbocycles. The highest BCUT2D eigenvalue weighted by molar-refractivity contribution is 7.99. The maximum Gasteiger partial charge on any atom is 0.159 e. The lowest BCUT2D eigenvalue weighted by Crippen LogP contribution is -2.08. The molecule has 78 valence electrons. The van der Waals surface area contributed by atoms with Crippen LogP contribution >= 0.6 is 11.8 Å². The van der Waals surface area contributed by atoms with E-state index in [1.165, 1.54) is 19.3 Å². The lowest BCUT2D eigenvalue weighted by atomic mass is 10.3. The molecule has 0 aromatic carbocycles. The fraction of sp³-hybridized carbons (Fsp3) is 0.556. The zero-order valence-electron chi connectivity index (χ0n) is 8.36. The van der Waals surface area contributed by atoms with Crippen molar-refractivity contribution in [1.82, 2.24) is 9.97 Å². The Hall–Kier alpha value is -0.810. The highest BCUT2D eigenvalue weighted by Gasteiger charge is 1.97. The van der Waals surface area contributed by atoms with Crippen molar-refractivity contribution in [3.8, 4) is 0 Å². The van der Waals surface area contributed by atoms with Gasteiger partial charge in [0.1, 0.15) is 5.03 Å². The van der Waals surface area contributed by atoms with E-state index in [0.29, 0.717) is 5.82 Å². The number of nitrogens with one attached hydrogen (secondary N) is 1. The highest BCUT2D eigenvalue weighted by atomic mass is 32.2. The molecule has 0 aliphatic rings. The van der Waals surface area contributed by atoms with Gasteiger partial charge in [-0.25, -0.2) is 10.8 Å². The molecule has 0 aliphatic carbocycles. The summed E-state index contributed by atoms with van der Waals surface area (Å²) in [5.74, 6) is 6.94. The topological polar surface area (TPSA) is 63.8 Å². The molecule has 0 unspecified atom stereocenters. The smallest absolute Gasteiger partial charge is 0.159 e. The van der Waals surface area contributed by atoms with Crippen LogP contribution in [0, 0.1) is 0 Å². The van der Waals surface area contributed by atoms with Crippen molar-refractivity contribution in [3.63, 3.8) is 0 Å². The first-order valence-electron chi connectivity index (χ1n) is 4.78. The Bertz CT molecular complexity index is 267. The summed E-state index contributed by atoms with van der Waals surface area (Å²) in [6.07, 6.45) is 7.11. The first-order chi connectivity index (χ1) is 6.86. The molecule has 14 heavy (non-hydrogen) atoms. The predicted molar refractivity (Wildman–Crippen MR) is 60.1 cm³/mol. The summed E-state index contributed by atoms with van der Waals surface area (Å²) < 4.78 is 0. The van der Waals surface area contributed by atoms with Crippen molar-refractivity contribution in [3.05, 3.63) is 12.4 Å². The van der Waals surface area contributed by atoms with Gasteiger partial charge in [0.05, 0.1) is 12.4 Å². The molecule has 0 spiro atoms. The summed E-state index contributed by atoms with van der Waals surface area (Å²) >= 11 is 1.72. The van der Waals surface area contributed by atoms with E-state index in [1.807, 2.05) is 0 Å². The van der Waals surface area contributed by atoms with Crippen LogP contribution < -0.4 is 11.3 Å². The number of nitrogens with two attached hydrogens (primary N) is 1. The van der Waals surface area contributed by atoms with Gasteiger partial charge in [-0.2, -0.15) is 0 Å². The van der Waals surface area contributed by atoms with E-state index in [9.17, 15) is 0 Å². The van der Waals surface area contributed by atoms with Crippen LogP contribution in [0.5, 0.6) is 0 Å². The number of hydrogen-bond acceptors (Lipinski definition) is 5. The van der Waals surface area contributed by atoms with E-state index < -0.39 is 0 Å². The number of nitrogens with zero attached hydrogens (tertiary/aromatic N) is 2. The van der Waals surface area contributed by atoms with Crippen LogP contribution in [-0.2, 0) is 0 Å². The van der Waals surface area contributed by atoms with Crippen molar-refractivity contribution < 1.29 is 0 Å². The molecule has 0 radical (unpaired) electrons. The lowest BCUT2D eigenvalue weighted by Gasteiger charge is -2.02. The van der Waals surface area contributed by atoms with E-state index in [0.717, 1.165) is 10.8 Å². The van der Waals surface area contributed by atoms with Crippen molar-refractivity contribution in [2.24, 2.45) is 5.84 Å². The third-order valence-corrected chi connectivity index (χ3v) is 2.74.